The maximum Gasteiger partial charge on any atom is 0.422 e. The molecule has 0 atom stereocenters. The zero-order valence-corrected chi connectivity index (χ0v) is 15.8. The molecule has 0 saturated carbocycles. The average molecular weight is 461 g/mol. The molecule has 170 valence electrons. The Morgan fingerprint density at radius 3 is 2.09 bits per heavy atom. The molecule has 0 amide bonds. The molecule has 1 aromatic carbocycles. The van der Waals surface area contributed by atoms with Crippen LogP contribution in [0.2, 0.25) is 0 Å². The Hall–Kier alpha value is -3.77. The van der Waals surface area contributed by atoms with Crippen LogP contribution in [0.1, 0.15) is 0 Å². The number of aromatic nitrogens is 3. The van der Waals surface area contributed by atoms with Crippen molar-refractivity contribution in [2.75, 3.05) is 13.2 Å². The first-order valence-corrected chi connectivity index (χ1v) is 8.74. The summed E-state index contributed by atoms with van der Waals surface area (Å²) >= 11 is 0. The van der Waals surface area contributed by atoms with Gasteiger partial charge in [-0.3, -0.25) is 9.59 Å². The van der Waals surface area contributed by atoms with Gasteiger partial charge >= 0.3 is 18.4 Å². The van der Waals surface area contributed by atoms with Crippen molar-refractivity contribution in [1.82, 2.24) is 14.5 Å². The van der Waals surface area contributed by atoms with Crippen molar-refractivity contribution in [3.63, 3.8) is 0 Å². The highest BCUT2D eigenvalue weighted by molar-refractivity contribution is 5.58. The van der Waals surface area contributed by atoms with E-state index in [0.717, 1.165) is 36.4 Å². The number of halogens is 6. The van der Waals surface area contributed by atoms with E-state index in [1.54, 1.807) is 0 Å². The van der Waals surface area contributed by atoms with E-state index in [1.807, 2.05) is 0 Å². The molecule has 0 saturated heterocycles. The quantitative estimate of drug-likeness (QED) is 0.569. The van der Waals surface area contributed by atoms with Crippen molar-refractivity contribution in [2.24, 2.45) is 0 Å². The first-order valence-electron chi connectivity index (χ1n) is 8.74. The minimum absolute atomic E-state index is 0.0310. The van der Waals surface area contributed by atoms with Gasteiger partial charge < -0.3 is 14.5 Å². The Kier molecular flexibility index (Phi) is 6.27. The number of alkyl halides is 6. The van der Waals surface area contributed by atoms with Gasteiger partial charge in [-0.2, -0.15) is 31.3 Å². The molecule has 0 aliphatic rings. The maximum absolute atomic E-state index is 12.7. The SMILES string of the molecule is O=c1cc(-c2cc(=O)n(-c3ccc(OCC(F)(F)F)cc3)c(OCC(F)(F)F)n2)cc[nH]1. The number of nitrogens with one attached hydrogen (secondary N) is 1. The monoisotopic (exact) mass is 461 g/mol. The lowest BCUT2D eigenvalue weighted by Gasteiger charge is -2.16. The molecule has 0 aliphatic heterocycles. The van der Waals surface area contributed by atoms with Crippen LogP contribution in [0.25, 0.3) is 16.9 Å². The van der Waals surface area contributed by atoms with E-state index in [4.69, 9.17) is 4.74 Å². The number of pyridine rings is 1. The van der Waals surface area contributed by atoms with Crippen LogP contribution in [0.5, 0.6) is 11.8 Å². The van der Waals surface area contributed by atoms with Crippen LogP contribution in [0, 0.1) is 0 Å². The van der Waals surface area contributed by atoms with E-state index in [0.29, 0.717) is 4.57 Å². The number of benzene rings is 1. The summed E-state index contributed by atoms with van der Waals surface area (Å²) in [7, 11) is 0. The minimum Gasteiger partial charge on any atom is -0.484 e. The van der Waals surface area contributed by atoms with E-state index < -0.39 is 42.7 Å². The summed E-state index contributed by atoms with van der Waals surface area (Å²) in [5, 5.41) is 0. The lowest BCUT2D eigenvalue weighted by Crippen LogP contribution is -2.26. The second kappa shape index (κ2) is 8.77. The third kappa shape index (κ3) is 6.12. The van der Waals surface area contributed by atoms with Crippen LogP contribution in [-0.2, 0) is 0 Å². The molecule has 7 nitrogen and oxygen atoms in total. The van der Waals surface area contributed by atoms with Gasteiger partial charge in [-0.05, 0) is 30.3 Å². The molecule has 2 aromatic heterocycles. The third-order valence-corrected chi connectivity index (χ3v) is 3.82. The molecule has 13 heteroatoms. The molecule has 0 fully saturated rings. The molecular formula is C19H13F6N3O4. The van der Waals surface area contributed by atoms with Gasteiger partial charge in [0.25, 0.3) is 5.56 Å². The summed E-state index contributed by atoms with van der Waals surface area (Å²) in [6.07, 6.45) is -8.04. The number of aromatic amines is 1. The standard InChI is InChI=1S/C19H13F6N3O4/c20-18(21,22)9-31-13-3-1-12(2-4-13)28-16(30)8-14(11-5-6-26-15(29)7-11)27-17(28)32-10-19(23,24)25/h1-8H,9-10H2,(H,26,29). The number of rotatable bonds is 6. The Labute approximate surface area is 174 Å². The second-order valence-corrected chi connectivity index (χ2v) is 6.34. The van der Waals surface area contributed by atoms with Gasteiger partial charge in [-0.15, -0.1) is 0 Å². The van der Waals surface area contributed by atoms with E-state index >= 15 is 0 Å². The molecule has 2 heterocycles. The van der Waals surface area contributed by atoms with E-state index in [-0.39, 0.29) is 22.7 Å². The third-order valence-electron chi connectivity index (χ3n) is 3.82. The molecule has 0 radical (unpaired) electrons. The van der Waals surface area contributed by atoms with Crippen LogP contribution in [0.4, 0.5) is 26.3 Å². The average Bonchev–Trinajstić information content (AvgIpc) is 2.70. The van der Waals surface area contributed by atoms with Crippen LogP contribution >= 0.6 is 0 Å². The first-order chi connectivity index (χ1) is 14.9. The smallest absolute Gasteiger partial charge is 0.422 e. The molecule has 0 spiro atoms. The van der Waals surface area contributed by atoms with Gasteiger partial charge in [0.15, 0.2) is 13.2 Å². The highest BCUT2D eigenvalue weighted by atomic mass is 19.4. The molecule has 32 heavy (non-hydrogen) atoms. The molecule has 3 aromatic rings. The molecule has 1 N–H and O–H groups in total. The van der Waals surface area contributed by atoms with Gasteiger partial charge in [0.05, 0.1) is 11.4 Å². The van der Waals surface area contributed by atoms with Crippen LogP contribution in [0.3, 0.4) is 0 Å². The maximum atomic E-state index is 12.7. The Morgan fingerprint density at radius 1 is 0.875 bits per heavy atom. The molecule has 0 aliphatic carbocycles. The highest BCUT2D eigenvalue weighted by Crippen LogP contribution is 2.24. The fourth-order valence-electron chi connectivity index (χ4n) is 2.55. The molecule has 0 bridgehead atoms. The Bertz CT molecular complexity index is 1200. The van der Waals surface area contributed by atoms with Gasteiger partial charge in [0.1, 0.15) is 5.75 Å². The van der Waals surface area contributed by atoms with Crippen molar-refractivity contribution in [2.45, 2.75) is 12.4 Å². The van der Waals surface area contributed by atoms with Gasteiger partial charge in [0, 0.05) is 23.9 Å². The molecular weight excluding hydrogens is 448 g/mol. The van der Waals surface area contributed by atoms with Crippen molar-refractivity contribution in [3.8, 4) is 28.7 Å². The summed E-state index contributed by atoms with van der Waals surface area (Å²) in [4.78, 5) is 30.5. The van der Waals surface area contributed by atoms with Gasteiger partial charge in [-0.25, -0.2) is 4.57 Å². The zero-order chi connectivity index (χ0) is 23.5. The van der Waals surface area contributed by atoms with Crippen LogP contribution in [0.15, 0.2) is 58.3 Å². The predicted molar refractivity (Wildman–Crippen MR) is 99.0 cm³/mol. The minimum atomic E-state index is -4.74. The topological polar surface area (TPSA) is 86.2 Å². The largest absolute Gasteiger partial charge is 0.484 e. The summed E-state index contributed by atoms with van der Waals surface area (Å²) in [5.41, 5.74) is -1.36. The lowest BCUT2D eigenvalue weighted by atomic mass is 10.2. The number of H-pyrrole nitrogens is 1. The van der Waals surface area contributed by atoms with Crippen LogP contribution in [-0.4, -0.2) is 40.1 Å². The number of hydrogen-bond acceptors (Lipinski definition) is 5. The second-order valence-electron chi connectivity index (χ2n) is 6.34. The normalized spacial score (nSPS) is 11.9. The summed E-state index contributed by atoms with van der Waals surface area (Å²) < 4.78 is 84.9. The van der Waals surface area contributed by atoms with Crippen LogP contribution < -0.4 is 20.6 Å². The fraction of sp³-hybridized carbons (Fsp3) is 0.211. The predicted octanol–water partition coefficient (Wildman–Crippen LogP) is 3.47. The summed E-state index contributed by atoms with van der Waals surface area (Å²) in [6, 6.07) is 7.24. The van der Waals surface area contributed by atoms with E-state index in [1.165, 1.54) is 12.3 Å². The molecule has 0 unspecified atom stereocenters. The van der Waals surface area contributed by atoms with Crippen molar-refractivity contribution < 1.29 is 35.8 Å². The number of nitrogens with zero attached hydrogens (tertiary/aromatic N) is 2. The zero-order valence-electron chi connectivity index (χ0n) is 15.8. The van der Waals surface area contributed by atoms with Crippen molar-refractivity contribution in [1.29, 1.82) is 0 Å². The van der Waals surface area contributed by atoms with E-state index in [9.17, 15) is 35.9 Å². The number of hydrogen-bond donors (Lipinski definition) is 1. The fourth-order valence-corrected chi connectivity index (χ4v) is 2.55. The Balaban J connectivity index is 2.02. The summed E-state index contributed by atoms with van der Waals surface area (Å²) in [6.45, 7) is -3.30. The Morgan fingerprint density at radius 2 is 1.50 bits per heavy atom. The van der Waals surface area contributed by atoms with Crippen molar-refractivity contribution in [3.05, 3.63) is 69.4 Å². The van der Waals surface area contributed by atoms with Crippen molar-refractivity contribution >= 4 is 0 Å². The van der Waals surface area contributed by atoms with Gasteiger partial charge in [0.2, 0.25) is 5.56 Å². The molecule has 3 rings (SSSR count). The number of ether oxygens (including phenoxy) is 2. The summed E-state index contributed by atoms with van der Waals surface area (Å²) in [5.74, 6) is -0.176. The van der Waals surface area contributed by atoms with E-state index in [2.05, 4.69) is 14.7 Å². The lowest BCUT2D eigenvalue weighted by molar-refractivity contribution is -0.155. The van der Waals surface area contributed by atoms with Gasteiger partial charge in [-0.1, -0.05) is 0 Å². The first kappa shape index (κ1) is 22.9. The highest BCUT2D eigenvalue weighted by Gasteiger charge is 2.30.